The molecule has 0 saturated carbocycles. The van der Waals surface area contributed by atoms with Crippen molar-refractivity contribution in [2.45, 2.75) is 59.0 Å². The van der Waals surface area contributed by atoms with Gasteiger partial charge in [0.05, 0.1) is 0 Å². The average molecular weight is 224 g/mol. The van der Waals surface area contributed by atoms with Crippen molar-refractivity contribution in [1.29, 1.82) is 0 Å². The van der Waals surface area contributed by atoms with Gasteiger partial charge in [0.15, 0.2) is 0 Å². The van der Waals surface area contributed by atoms with Crippen LogP contribution in [0.25, 0.3) is 0 Å². The van der Waals surface area contributed by atoms with Gasteiger partial charge in [0.2, 0.25) is 0 Å². The van der Waals surface area contributed by atoms with E-state index in [0.717, 1.165) is 25.2 Å². The molecule has 0 aliphatic rings. The molecule has 4 nitrogen and oxygen atoms in total. The molecule has 4 heteroatoms. The molecule has 0 spiro atoms. The molecule has 2 unspecified atom stereocenters. The third-order valence-electron chi connectivity index (χ3n) is 3.02. The third-order valence-corrected chi connectivity index (χ3v) is 3.02. The van der Waals surface area contributed by atoms with Crippen molar-refractivity contribution in [2.75, 3.05) is 0 Å². The zero-order chi connectivity index (χ0) is 12.0. The van der Waals surface area contributed by atoms with Crippen LogP contribution in [0.1, 0.15) is 45.9 Å². The molecule has 0 bridgehead atoms. The summed E-state index contributed by atoms with van der Waals surface area (Å²) in [4.78, 5) is 4.29. The minimum Gasteiger partial charge on any atom is -0.327 e. The van der Waals surface area contributed by atoms with Crippen LogP contribution in [0.4, 0.5) is 0 Å². The quantitative estimate of drug-likeness (QED) is 0.770. The Morgan fingerprint density at radius 1 is 1.38 bits per heavy atom. The minimum absolute atomic E-state index is 0.194. The summed E-state index contributed by atoms with van der Waals surface area (Å²) in [5.41, 5.74) is 6.18. The molecular formula is C12H24N4. The molecule has 0 saturated heterocycles. The van der Waals surface area contributed by atoms with Crippen molar-refractivity contribution in [3.63, 3.8) is 0 Å². The molecule has 16 heavy (non-hydrogen) atoms. The van der Waals surface area contributed by atoms with Crippen LogP contribution in [0, 0.1) is 5.92 Å². The molecule has 1 aromatic heterocycles. The van der Waals surface area contributed by atoms with Crippen molar-refractivity contribution in [1.82, 2.24) is 14.8 Å². The zero-order valence-electron chi connectivity index (χ0n) is 10.7. The molecule has 2 atom stereocenters. The highest BCUT2D eigenvalue weighted by atomic mass is 15.3. The smallest absolute Gasteiger partial charge is 0.138 e. The summed E-state index contributed by atoms with van der Waals surface area (Å²) in [6, 6.07) is 0.194. The third kappa shape index (κ3) is 3.59. The molecule has 0 radical (unpaired) electrons. The Bertz CT molecular complexity index is 295. The van der Waals surface area contributed by atoms with Crippen LogP contribution >= 0.6 is 0 Å². The lowest BCUT2D eigenvalue weighted by atomic mass is 9.95. The molecule has 0 aliphatic carbocycles. The summed E-state index contributed by atoms with van der Waals surface area (Å²) in [5.74, 6) is 1.58. The molecule has 2 N–H and O–H groups in total. The number of nitrogens with two attached hydrogens (primary N) is 1. The highest BCUT2D eigenvalue weighted by Crippen LogP contribution is 2.12. The first-order valence-electron chi connectivity index (χ1n) is 6.31. The van der Waals surface area contributed by atoms with E-state index in [2.05, 4.69) is 30.9 Å². The average Bonchev–Trinajstić information content (AvgIpc) is 2.67. The van der Waals surface area contributed by atoms with E-state index in [1.54, 1.807) is 6.33 Å². The fraction of sp³-hybridized carbons (Fsp3) is 0.833. The maximum atomic E-state index is 6.18. The maximum absolute atomic E-state index is 6.18. The lowest BCUT2D eigenvalue weighted by molar-refractivity contribution is 0.405. The summed E-state index contributed by atoms with van der Waals surface area (Å²) in [7, 11) is 0. The van der Waals surface area contributed by atoms with Crippen molar-refractivity contribution < 1.29 is 0 Å². The molecule has 1 heterocycles. The predicted octanol–water partition coefficient (Wildman–Crippen LogP) is 1.99. The highest BCUT2D eigenvalue weighted by Gasteiger charge is 2.15. The highest BCUT2D eigenvalue weighted by molar-refractivity contribution is 4.90. The van der Waals surface area contributed by atoms with Crippen molar-refractivity contribution in [2.24, 2.45) is 11.7 Å². The second-order valence-electron chi connectivity index (χ2n) is 4.53. The monoisotopic (exact) mass is 224 g/mol. The number of rotatable bonds is 7. The number of hydrogen-bond acceptors (Lipinski definition) is 3. The van der Waals surface area contributed by atoms with E-state index in [-0.39, 0.29) is 6.04 Å². The van der Waals surface area contributed by atoms with Crippen molar-refractivity contribution in [3.05, 3.63) is 12.2 Å². The fourth-order valence-corrected chi connectivity index (χ4v) is 1.93. The van der Waals surface area contributed by atoms with Crippen molar-refractivity contribution >= 4 is 0 Å². The molecule has 0 aliphatic heterocycles. The zero-order valence-corrected chi connectivity index (χ0v) is 10.7. The van der Waals surface area contributed by atoms with Gasteiger partial charge in [-0.15, -0.1) is 0 Å². The van der Waals surface area contributed by atoms with Gasteiger partial charge in [0.25, 0.3) is 0 Å². The summed E-state index contributed by atoms with van der Waals surface area (Å²) < 4.78 is 1.97. The molecule has 0 fully saturated rings. The first-order chi connectivity index (χ1) is 7.69. The van der Waals surface area contributed by atoms with E-state index in [0.29, 0.717) is 5.92 Å². The van der Waals surface area contributed by atoms with Gasteiger partial charge in [-0.25, -0.2) is 4.98 Å². The minimum atomic E-state index is 0.194. The van der Waals surface area contributed by atoms with E-state index >= 15 is 0 Å². The Balaban J connectivity index is 2.54. The number of hydrogen-bond donors (Lipinski definition) is 1. The number of nitrogens with zero attached hydrogens (tertiary/aromatic N) is 3. The second-order valence-corrected chi connectivity index (χ2v) is 4.53. The van der Waals surface area contributed by atoms with Gasteiger partial charge in [-0.1, -0.05) is 27.2 Å². The van der Waals surface area contributed by atoms with E-state index in [1.165, 1.54) is 12.8 Å². The van der Waals surface area contributed by atoms with Crippen LogP contribution in [0.2, 0.25) is 0 Å². The van der Waals surface area contributed by atoms with Gasteiger partial charge in [0.1, 0.15) is 12.2 Å². The van der Waals surface area contributed by atoms with Gasteiger partial charge in [-0.05, 0) is 18.8 Å². The fourth-order valence-electron chi connectivity index (χ4n) is 1.93. The first-order valence-corrected chi connectivity index (χ1v) is 6.31. The van der Waals surface area contributed by atoms with Gasteiger partial charge < -0.3 is 5.73 Å². The molecular weight excluding hydrogens is 200 g/mol. The predicted molar refractivity (Wildman–Crippen MR) is 66.1 cm³/mol. The van der Waals surface area contributed by atoms with Gasteiger partial charge in [-0.3, -0.25) is 4.68 Å². The van der Waals surface area contributed by atoms with Crippen LogP contribution in [-0.2, 0) is 13.0 Å². The summed E-state index contributed by atoms with van der Waals surface area (Å²) in [6.45, 7) is 7.49. The summed E-state index contributed by atoms with van der Waals surface area (Å²) >= 11 is 0. The van der Waals surface area contributed by atoms with E-state index in [1.807, 2.05) is 4.68 Å². The Morgan fingerprint density at radius 3 is 2.75 bits per heavy atom. The van der Waals surface area contributed by atoms with Crippen LogP contribution in [0.3, 0.4) is 0 Å². The lowest BCUT2D eigenvalue weighted by Gasteiger charge is -2.18. The summed E-state index contributed by atoms with van der Waals surface area (Å²) in [5, 5.41) is 4.21. The number of aromatic nitrogens is 3. The second kappa shape index (κ2) is 6.63. The Hall–Kier alpha value is -0.900. The molecule has 0 aromatic carbocycles. The lowest BCUT2D eigenvalue weighted by Crippen LogP contribution is -2.31. The van der Waals surface area contributed by atoms with E-state index in [9.17, 15) is 0 Å². The number of aryl methyl sites for hydroxylation is 1. The Kier molecular flexibility index (Phi) is 5.46. The molecule has 92 valence electrons. The van der Waals surface area contributed by atoms with Crippen LogP contribution < -0.4 is 5.73 Å². The van der Waals surface area contributed by atoms with Crippen LogP contribution in [0.15, 0.2) is 6.33 Å². The first kappa shape index (κ1) is 13.2. The largest absolute Gasteiger partial charge is 0.327 e. The van der Waals surface area contributed by atoms with Crippen molar-refractivity contribution in [3.8, 4) is 0 Å². The Morgan fingerprint density at radius 2 is 2.12 bits per heavy atom. The standard InChI is InChI=1S/C12H24N4/c1-4-6-10(3)11(13)8-12-14-9-15-16(12)7-5-2/h9-11H,4-8,13H2,1-3H3. The van der Waals surface area contributed by atoms with Gasteiger partial charge in [-0.2, -0.15) is 5.10 Å². The van der Waals surface area contributed by atoms with E-state index in [4.69, 9.17) is 5.73 Å². The summed E-state index contributed by atoms with van der Waals surface area (Å²) in [6.07, 6.45) is 5.92. The molecule has 1 rings (SSSR count). The van der Waals surface area contributed by atoms with Gasteiger partial charge >= 0.3 is 0 Å². The molecule has 1 aromatic rings. The Labute approximate surface area is 98.2 Å². The normalized spacial score (nSPS) is 15.0. The van der Waals surface area contributed by atoms with Crippen LogP contribution in [-0.4, -0.2) is 20.8 Å². The topological polar surface area (TPSA) is 56.7 Å². The molecule has 0 amide bonds. The SMILES string of the molecule is CCCC(C)C(N)Cc1ncnn1CCC. The maximum Gasteiger partial charge on any atom is 0.138 e. The van der Waals surface area contributed by atoms with Gasteiger partial charge in [0, 0.05) is 19.0 Å². The van der Waals surface area contributed by atoms with E-state index < -0.39 is 0 Å². The van der Waals surface area contributed by atoms with Crippen LogP contribution in [0.5, 0.6) is 0 Å².